The van der Waals surface area contributed by atoms with Crippen LogP contribution >= 0.6 is 11.6 Å². The predicted molar refractivity (Wildman–Crippen MR) is 119 cm³/mol. The zero-order valence-corrected chi connectivity index (χ0v) is 17.8. The lowest BCUT2D eigenvalue weighted by Crippen LogP contribution is -2.16. The molecule has 0 unspecified atom stereocenters. The van der Waals surface area contributed by atoms with E-state index in [-0.39, 0.29) is 21.6 Å². The Morgan fingerprint density at radius 1 is 1.00 bits per heavy atom. The van der Waals surface area contributed by atoms with E-state index < -0.39 is 16.0 Å². The molecule has 1 aromatic heterocycles. The van der Waals surface area contributed by atoms with Crippen molar-refractivity contribution in [2.45, 2.75) is 11.8 Å². The standard InChI is InChI=1S/C22H16ClN3O4S/c1-13-9-10-14-5-2-3-8-17(14)20(13)18-12-19(23)25-22(24-18)26-31(29,30)16-7-4-6-15(11-16)21(27)28/h2-12H,1H3,(H,27,28)(H,24,25,26). The maximum Gasteiger partial charge on any atom is 0.335 e. The molecule has 9 heteroatoms. The summed E-state index contributed by atoms with van der Waals surface area (Å²) in [4.78, 5) is 19.3. The second-order valence-electron chi connectivity index (χ2n) is 6.82. The van der Waals surface area contributed by atoms with Crippen LogP contribution < -0.4 is 4.72 Å². The molecule has 3 aromatic carbocycles. The molecule has 4 aromatic rings. The monoisotopic (exact) mass is 453 g/mol. The minimum atomic E-state index is -4.13. The molecular formula is C22H16ClN3O4S. The summed E-state index contributed by atoms with van der Waals surface area (Å²) < 4.78 is 27.9. The molecule has 0 bridgehead atoms. The number of sulfonamides is 1. The van der Waals surface area contributed by atoms with E-state index in [1.165, 1.54) is 18.2 Å². The van der Waals surface area contributed by atoms with Crippen molar-refractivity contribution in [1.29, 1.82) is 0 Å². The first kappa shape index (κ1) is 20.8. The van der Waals surface area contributed by atoms with E-state index in [0.717, 1.165) is 28.0 Å². The number of aromatic carboxylic acids is 1. The zero-order valence-electron chi connectivity index (χ0n) is 16.2. The van der Waals surface area contributed by atoms with Gasteiger partial charge in [-0.1, -0.05) is 54.1 Å². The number of nitrogens with zero attached hydrogens (tertiary/aromatic N) is 2. The second kappa shape index (κ2) is 7.98. The van der Waals surface area contributed by atoms with Crippen molar-refractivity contribution in [3.8, 4) is 11.3 Å². The first-order chi connectivity index (χ1) is 14.7. The van der Waals surface area contributed by atoms with Crippen LogP contribution in [0.25, 0.3) is 22.0 Å². The quantitative estimate of drug-likeness (QED) is 0.422. The highest BCUT2D eigenvalue weighted by Crippen LogP contribution is 2.32. The SMILES string of the molecule is Cc1ccc2ccccc2c1-c1cc(Cl)nc(NS(=O)(=O)c2cccc(C(=O)O)c2)n1. The number of rotatable bonds is 5. The minimum Gasteiger partial charge on any atom is -0.478 e. The van der Waals surface area contributed by atoms with Gasteiger partial charge in [0.05, 0.1) is 16.2 Å². The molecule has 0 aliphatic heterocycles. The fraction of sp³-hybridized carbons (Fsp3) is 0.0455. The summed E-state index contributed by atoms with van der Waals surface area (Å²) in [6, 6.07) is 18.3. The predicted octanol–water partition coefficient (Wildman–Crippen LogP) is 4.76. The normalized spacial score (nSPS) is 11.4. The Hall–Kier alpha value is -3.49. The number of halogens is 1. The number of carbonyl (C=O) groups is 1. The summed E-state index contributed by atoms with van der Waals surface area (Å²) in [7, 11) is -4.13. The lowest BCUT2D eigenvalue weighted by molar-refractivity contribution is 0.0696. The molecule has 31 heavy (non-hydrogen) atoms. The number of aromatic nitrogens is 2. The van der Waals surface area contributed by atoms with Crippen molar-refractivity contribution in [2.75, 3.05) is 4.72 Å². The van der Waals surface area contributed by atoms with Gasteiger partial charge in [-0.15, -0.1) is 0 Å². The van der Waals surface area contributed by atoms with Crippen LogP contribution in [-0.4, -0.2) is 29.5 Å². The molecule has 0 fully saturated rings. The van der Waals surface area contributed by atoms with Crippen LogP contribution in [0, 0.1) is 6.92 Å². The third kappa shape index (κ3) is 4.21. The fourth-order valence-corrected chi connectivity index (χ4v) is 4.46. The van der Waals surface area contributed by atoms with Crippen LogP contribution in [0.15, 0.2) is 71.6 Å². The van der Waals surface area contributed by atoms with Gasteiger partial charge in [-0.05, 0) is 41.5 Å². The summed E-state index contributed by atoms with van der Waals surface area (Å²) in [6.07, 6.45) is 0. The molecule has 0 atom stereocenters. The largest absolute Gasteiger partial charge is 0.478 e. The Kier molecular flexibility index (Phi) is 5.34. The van der Waals surface area contributed by atoms with Crippen molar-refractivity contribution < 1.29 is 18.3 Å². The molecule has 0 saturated heterocycles. The van der Waals surface area contributed by atoms with Gasteiger partial charge in [0.15, 0.2) is 0 Å². The van der Waals surface area contributed by atoms with Crippen LogP contribution in [-0.2, 0) is 10.0 Å². The van der Waals surface area contributed by atoms with Gasteiger partial charge in [0.1, 0.15) is 5.15 Å². The number of fused-ring (bicyclic) bond motifs is 1. The van der Waals surface area contributed by atoms with Gasteiger partial charge in [0.25, 0.3) is 10.0 Å². The van der Waals surface area contributed by atoms with Crippen molar-refractivity contribution in [3.63, 3.8) is 0 Å². The van der Waals surface area contributed by atoms with Gasteiger partial charge in [-0.25, -0.2) is 27.9 Å². The Labute approximate surface area is 183 Å². The number of hydrogen-bond donors (Lipinski definition) is 2. The number of hydrogen-bond acceptors (Lipinski definition) is 5. The molecule has 0 aliphatic carbocycles. The molecule has 4 rings (SSSR count). The lowest BCUT2D eigenvalue weighted by atomic mass is 9.97. The highest BCUT2D eigenvalue weighted by molar-refractivity contribution is 7.92. The average molecular weight is 454 g/mol. The van der Waals surface area contributed by atoms with E-state index in [4.69, 9.17) is 16.7 Å². The van der Waals surface area contributed by atoms with E-state index in [1.54, 1.807) is 6.07 Å². The molecule has 0 saturated carbocycles. The molecule has 1 heterocycles. The highest BCUT2D eigenvalue weighted by Gasteiger charge is 2.19. The summed E-state index contributed by atoms with van der Waals surface area (Å²) in [5.74, 6) is -1.44. The van der Waals surface area contributed by atoms with Crippen LogP contribution in [0.5, 0.6) is 0 Å². The van der Waals surface area contributed by atoms with Crippen LogP contribution in [0.1, 0.15) is 15.9 Å². The number of carboxylic acids is 1. The van der Waals surface area contributed by atoms with Crippen LogP contribution in [0.3, 0.4) is 0 Å². The molecule has 0 radical (unpaired) electrons. The second-order valence-corrected chi connectivity index (χ2v) is 8.89. The first-order valence-corrected chi connectivity index (χ1v) is 11.0. The highest BCUT2D eigenvalue weighted by atomic mass is 35.5. The maximum absolute atomic E-state index is 12.8. The topological polar surface area (TPSA) is 109 Å². The van der Waals surface area contributed by atoms with Crippen LogP contribution in [0.2, 0.25) is 5.15 Å². The van der Waals surface area contributed by atoms with E-state index in [9.17, 15) is 13.2 Å². The smallest absolute Gasteiger partial charge is 0.335 e. The lowest BCUT2D eigenvalue weighted by Gasteiger charge is -2.12. The Morgan fingerprint density at radius 3 is 2.55 bits per heavy atom. The first-order valence-electron chi connectivity index (χ1n) is 9.14. The number of carboxylic acid groups (broad SMARTS) is 1. The van der Waals surface area contributed by atoms with E-state index in [0.29, 0.717) is 5.69 Å². The molecule has 0 amide bonds. The van der Waals surface area contributed by atoms with Gasteiger partial charge in [0, 0.05) is 11.6 Å². The number of anilines is 1. The van der Waals surface area contributed by atoms with Crippen LogP contribution in [0.4, 0.5) is 5.95 Å². The number of benzene rings is 3. The molecule has 2 N–H and O–H groups in total. The van der Waals surface area contributed by atoms with Crippen molar-refractivity contribution >= 4 is 44.3 Å². The maximum atomic E-state index is 12.8. The average Bonchev–Trinajstić information content (AvgIpc) is 2.73. The fourth-order valence-electron chi connectivity index (χ4n) is 3.29. The van der Waals surface area contributed by atoms with Gasteiger partial charge in [-0.2, -0.15) is 0 Å². The summed E-state index contributed by atoms with van der Waals surface area (Å²) in [6.45, 7) is 1.93. The van der Waals surface area contributed by atoms with Crippen molar-refractivity contribution in [3.05, 3.63) is 83.0 Å². The molecule has 7 nitrogen and oxygen atoms in total. The summed E-state index contributed by atoms with van der Waals surface area (Å²) in [5.41, 5.74) is 2.07. The van der Waals surface area contributed by atoms with Crippen molar-refractivity contribution in [2.24, 2.45) is 0 Å². The van der Waals surface area contributed by atoms with Gasteiger partial charge >= 0.3 is 5.97 Å². The summed E-state index contributed by atoms with van der Waals surface area (Å²) in [5, 5.41) is 11.1. The summed E-state index contributed by atoms with van der Waals surface area (Å²) >= 11 is 6.18. The Balaban J connectivity index is 1.79. The number of aryl methyl sites for hydroxylation is 1. The zero-order chi connectivity index (χ0) is 22.2. The number of nitrogens with one attached hydrogen (secondary N) is 1. The third-order valence-electron chi connectivity index (χ3n) is 4.71. The molecule has 0 aliphatic rings. The Bertz CT molecular complexity index is 1440. The minimum absolute atomic E-state index is 0.0642. The molecule has 156 valence electrons. The van der Waals surface area contributed by atoms with Gasteiger partial charge in [0.2, 0.25) is 5.95 Å². The van der Waals surface area contributed by atoms with Gasteiger partial charge < -0.3 is 5.11 Å². The Morgan fingerprint density at radius 2 is 1.77 bits per heavy atom. The third-order valence-corrected chi connectivity index (χ3v) is 6.22. The van der Waals surface area contributed by atoms with E-state index in [1.807, 2.05) is 43.3 Å². The van der Waals surface area contributed by atoms with Crippen molar-refractivity contribution in [1.82, 2.24) is 9.97 Å². The molecular weight excluding hydrogens is 438 g/mol. The van der Waals surface area contributed by atoms with E-state index in [2.05, 4.69) is 14.7 Å². The van der Waals surface area contributed by atoms with Gasteiger partial charge in [-0.3, -0.25) is 0 Å². The van der Waals surface area contributed by atoms with E-state index >= 15 is 0 Å². The molecule has 0 spiro atoms.